The standard InChI is InChI=1S/C13H27N3O2/c1-7-12(4,5)16(6)11(17)13(8-2,9-3)10(14)15-18/h18H,7-9H2,1-6H3,(H2,14,15). The minimum Gasteiger partial charge on any atom is -0.409 e. The van der Waals surface area contributed by atoms with Crippen LogP contribution < -0.4 is 5.73 Å². The molecule has 0 aliphatic heterocycles. The molecule has 0 unspecified atom stereocenters. The van der Waals surface area contributed by atoms with E-state index in [4.69, 9.17) is 10.9 Å². The maximum absolute atomic E-state index is 12.7. The third-order valence-corrected chi connectivity index (χ3v) is 4.29. The lowest BCUT2D eigenvalue weighted by Crippen LogP contribution is -2.55. The fourth-order valence-electron chi connectivity index (χ4n) is 1.95. The largest absolute Gasteiger partial charge is 0.409 e. The van der Waals surface area contributed by atoms with Crippen LogP contribution in [0.15, 0.2) is 5.16 Å². The van der Waals surface area contributed by atoms with E-state index >= 15 is 0 Å². The summed E-state index contributed by atoms with van der Waals surface area (Å²) in [6.45, 7) is 9.81. The zero-order valence-corrected chi connectivity index (χ0v) is 12.4. The summed E-state index contributed by atoms with van der Waals surface area (Å²) in [7, 11) is 1.77. The first-order valence-corrected chi connectivity index (χ1v) is 6.49. The maximum atomic E-state index is 12.7. The molecule has 5 heteroatoms. The minimum atomic E-state index is -0.907. The van der Waals surface area contributed by atoms with Crippen LogP contribution in [0.25, 0.3) is 0 Å². The van der Waals surface area contributed by atoms with Gasteiger partial charge in [0.1, 0.15) is 5.41 Å². The molecule has 0 radical (unpaired) electrons. The zero-order valence-electron chi connectivity index (χ0n) is 12.4. The molecule has 0 aliphatic rings. The number of amides is 1. The Morgan fingerprint density at radius 3 is 1.94 bits per heavy atom. The van der Waals surface area contributed by atoms with Gasteiger partial charge in [-0.1, -0.05) is 25.9 Å². The van der Waals surface area contributed by atoms with E-state index in [0.717, 1.165) is 6.42 Å². The molecule has 0 saturated carbocycles. The summed E-state index contributed by atoms with van der Waals surface area (Å²) < 4.78 is 0. The van der Waals surface area contributed by atoms with Gasteiger partial charge in [-0.15, -0.1) is 0 Å². The van der Waals surface area contributed by atoms with Crippen molar-refractivity contribution in [2.45, 2.75) is 59.4 Å². The van der Waals surface area contributed by atoms with Gasteiger partial charge in [0, 0.05) is 12.6 Å². The first-order valence-electron chi connectivity index (χ1n) is 6.49. The van der Waals surface area contributed by atoms with Gasteiger partial charge in [-0.25, -0.2) is 0 Å². The highest BCUT2D eigenvalue weighted by atomic mass is 16.4. The van der Waals surface area contributed by atoms with Crippen molar-refractivity contribution in [2.24, 2.45) is 16.3 Å². The molecule has 0 heterocycles. The first kappa shape index (κ1) is 16.7. The van der Waals surface area contributed by atoms with Crippen molar-refractivity contribution in [1.82, 2.24) is 4.90 Å². The lowest BCUT2D eigenvalue weighted by Gasteiger charge is -2.41. The van der Waals surface area contributed by atoms with Gasteiger partial charge < -0.3 is 15.8 Å². The van der Waals surface area contributed by atoms with Gasteiger partial charge in [0.05, 0.1) is 0 Å². The highest BCUT2D eigenvalue weighted by Gasteiger charge is 2.44. The number of nitrogens with zero attached hydrogens (tertiary/aromatic N) is 2. The van der Waals surface area contributed by atoms with Gasteiger partial charge >= 0.3 is 0 Å². The van der Waals surface area contributed by atoms with Crippen LogP contribution in [-0.2, 0) is 4.79 Å². The van der Waals surface area contributed by atoms with Crippen molar-refractivity contribution in [3.63, 3.8) is 0 Å². The Morgan fingerprint density at radius 2 is 1.67 bits per heavy atom. The number of carbonyl (C=O) groups excluding carboxylic acids is 1. The maximum Gasteiger partial charge on any atom is 0.236 e. The molecule has 0 atom stereocenters. The van der Waals surface area contributed by atoms with E-state index in [2.05, 4.69) is 5.16 Å². The Bertz CT molecular complexity index is 320. The second-order valence-electron chi connectivity index (χ2n) is 5.30. The smallest absolute Gasteiger partial charge is 0.236 e. The molecular formula is C13H27N3O2. The Balaban J connectivity index is 5.49. The van der Waals surface area contributed by atoms with Crippen molar-refractivity contribution in [1.29, 1.82) is 0 Å². The number of carbonyl (C=O) groups is 1. The van der Waals surface area contributed by atoms with Crippen LogP contribution in [0.3, 0.4) is 0 Å². The summed E-state index contributed by atoms with van der Waals surface area (Å²) >= 11 is 0. The zero-order chi connectivity index (χ0) is 14.6. The number of rotatable bonds is 6. The molecular weight excluding hydrogens is 230 g/mol. The van der Waals surface area contributed by atoms with E-state index in [1.165, 1.54) is 0 Å². The van der Waals surface area contributed by atoms with E-state index in [9.17, 15) is 4.79 Å². The summed E-state index contributed by atoms with van der Waals surface area (Å²) in [5.41, 5.74) is 4.59. The minimum absolute atomic E-state index is 0.00347. The van der Waals surface area contributed by atoms with Crippen LogP contribution in [0.4, 0.5) is 0 Å². The first-order chi connectivity index (χ1) is 8.23. The molecule has 5 nitrogen and oxygen atoms in total. The SMILES string of the molecule is CCC(CC)(C(=O)N(C)C(C)(C)CC)C(N)=NO. The van der Waals surface area contributed by atoms with Crippen LogP contribution >= 0.6 is 0 Å². The second-order valence-corrected chi connectivity index (χ2v) is 5.30. The van der Waals surface area contributed by atoms with Crippen LogP contribution in [0, 0.1) is 5.41 Å². The van der Waals surface area contributed by atoms with E-state index < -0.39 is 5.41 Å². The Labute approximate surface area is 110 Å². The van der Waals surface area contributed by atoms with Gasteiger partial charge in [-0.3, -0.25) is 4.79 Å². The monoisotopic (exact) mass is 257 g/mol. The normalized spacial score (nSPS) is 13.6. The van der Waals surface area contributed by atoms with E-state index in [-0.39, 0.29) is 17.3 Å². The Morgan fingerprint density at radius 1 is 1.22 bits per heavy atom. The average Bonchev–Trinajstić information content (AvgIpc) is 2.38. The third kappa shape index (κ3) is 2.76. The molecule has 1 amide bonds. The van der Waals surface area contributed by atoms with E-state index in [1.807, 2.05) is 34.6 Å². The van der Waals surface area contributed by atoms with Crippen LogP contribution in [-0.4, -0.2) is 34.4 Å². The molecule has 0 rings (SSSR count). The van der Waals surface area contributed by atoms with Crippen LogP contribution in [0.2, 0.25) is 0 Å². The van der Waals surface area contributed by atoms with Gasteiger partial charge in [0.25, 0.3) is 0 Å². The molecule has 0 aliphatic carbocycles. The van der Waals surface area contributed by atoms with Crippen LogP contribution in [0.5, 0.6) is 0 Å². The molecule has 106 valence electrons. The molecule has 0 bridgehead atoms. The lowest BCUT2D eigenvalue weighted by molar-refractivity contribution is -0.142. The van der Waals surface area contributed by atoms with Crippen molar-refractivity contribution in [3.8, 4) is 0 Å². The highest BCUT2D eigenvalue weighted by Crippen LogP contribution is 2.32. The van der Waals surface area contributed by atoms with Crippen molar-refractivity contribution in [3.05, 3.63) is 0 Å². The number of hydrogen-bond donors (Lipinski definition) is 2. The van der Waals surface area contributed by atoms with Gasteiger partial charge in [0.2, 0.25) is 5.91 Å². The molecule has 0 aromatic rings. The van der Waals surface area contributed by atoms with Crippen molar-refractivity contribution < 1.29 is 10.0 Å². The van der Waals surface area contributed by atoms with E-state index in [1.54, 1.807) is 11.9 Å². The molecule has 0 fully saturated rings. The summed E-state index contributed by atoms with van der Waals surface area (Å²) in [6.07, 6.45) is 1.87. The Kier molecular flexibility index (Phi) is 5.64. The summed E-state index contributed by atoms with van der Waals surface area (Å²) in [5.74, 6) is -0.0918. The fraction of sp³-hybridized carbons (Fsp3) is 0.846. The number of oxime groups is 1. The molecule has 18 heavy (non-hydrogen) atoms. The summed E-state index contributed by atoms with van der Waals surface area (Å²) in [4.78, 5) is 14.4. The molecule has 0 aromatic heterocycles. The van der Waals surface area contributed by atoms with E-state index in [0.29, 0.717) is 12.8 Å². The quantitative estimate of drug-likeness (QED) is 0.331. The molecule has 0 saturated heterocycles. The predicted molar refractivity (Wildman–Crippen MR) is 73.6 cm³/mol. The third-order valence-electron chi connectivity index (χ3n) is 4.29. The number of amidine groups is 1. The summed E-state index contributed by atoms with van der Waals surface area (Å²) in [6, 6.07) is 0. The Hall–Kier alpha value is -1.26. The fourth-order valence-corrected chi connectivity index (χ4v) is 1.95. The molecule has 3 N–H and O–H groups in total. The summed E-state index contributed by atoms with van der Waals surface area (Å²) in [5, 5.41) is 12.0. The highest BCUT2D eigenvalue weighted by molar-refractivity contribution is 6.06. The average molecular weight is 257 g/mol. The second kappa shape index (κ2) is 6.07. The van der Waals surface area contributed by atoms with Gasteiger partial charge in [-0.2, -0.15) is 0 Å². The topological polar surface area (TPSA) is 78.9 Å². The van der Waals surface area contributed by atoms with Crippen LogP contribution in [0.1, 0.15) is 53.9 Å². The molecule has 0 aromatic carbocycles. The number of nitrogens with two attached hydrogens (primary N) is 1. The van der Waals surface area contributed by atoms with Crippen molar-refractivity contribution >= 4 is 11.7 Å². The van der Waals surface area contributed by atoms with Gasteiger partial charge in [0.15, 0.2) is 5.84 Å². The lowest BCUT2D eigenvalue weighted by atomic mass is 9.78. The van der Waals surface area contributed by atoms with Gasteiger partial charge in [-0.05, 0) is 33.1 Å². The van der Waals surface area contributed by atoms with Crippen molar-refractivity contribution in [2.75, 3.05) is 7.05 Å². The predicted octanol–water partition coefficient (Wildman–Crippen LogP) is 2.19. The number of hydrogen-bond acceptors (Lipinski definition) is 3. The molecule has 0 spiro atoms.